The molecule has 1 aromatic carbocycles. The van der Waals surface area contributed by atoms with Gasteiger partial charge in [0.25, 0.3) is 0 Å². The van der Waals surface area contributed by atoms with Gasteiger partial charge in [0.05, 0.1) is 0 Å². The van der Waals surface area contributed by atoms with Crippen LogP contribution in [0.4, 0.5) is 0 Å². The van der Waals surface area contributed by atoms with Crippen molar-refractivity contribution in [2.75, 3.05) is 19.6 Å². The van der Waals surface area contributed by atoms with E-state index in [-0.39, 0.29) is 0 Å². The fourth-order valence-electron chi connectivity index (χ4n) is 2.29. The zero-order chi connectivity index (χ0) is 11.4. The third-order valence-corrected chi connectivity index (χ3v) is 3.28. The molecule has 1 aromatic rings. The van der Waals surface area contributed by atoms with Crippen molar-refractivity contribution in [2.45, 2.75) is 25.9 Å². The van der Waals surface area contributed by atoms with Gasteiger partial charge in [0, 0.05) is 19.1 Å². The van der Waals surface area contributed by atoms with Crippen molar-refractivity contribution in [1.82, 2.24) is 10.2 Å². The summed E-state index contributed by atoms with van der Waals surface area (Å²) in [5, 5.41) is 12.6. The summed E-state index contributed by atoms with van der Waals surface area (Å²) in [6.45, 7) is 6.50. The molecular weight excluding hydrogens is 200 g/mol. The molecule has 1 atom stereocenters. The predicted molar refractivity (Wildman–Crippen MR) is 65.5 cm³/mol. The molecule has 2 N–H and O–H groups in total. The Balaban J connectivity index is 1.97. The largest absolute Gasteiger partial charge is 0.508 e. The van der Waals surface area contributed by atoms with Crippen molar-refractivity contribution < 1.29 is 5.11 Å². The number of nitrogens with one attached hydrogen (secondary N) is 1. The van der Waals surface area contributed by atoms with Crippen LogP contribution in [0.5, 0.6) is 5.75 Å². The van der Waals surface area contributed by atoms with Gasteiger partial charge in [-0.15, -0.1) is 0 Å². The highest BCUT2D eigenvalue weighted by Gasteiger charge is 2.20. The van der Waals surface area contributed by atoms with Gasteiger partial charge in [0.2, 0.25) is 0 Å². The number of likely N-dealkylation sites (N-methyl/N-ethyl adjacent to an activating group) is 1. The highest BCUT2D eigenvalue weighted by atomic mass is 16.3. The summed E-state index contributed by atoms with van der Waals surface area (Å²) in [5.74, 6) is 0.342. The summed E-state index contributed by atoms with van der Waals surface area (Å²) < 4.78 is 0. The van der Waals surface area contributed by atoms with E-state index in [0.29, 0.717) is 11.8 Å². The standard InChI is InChI=1S/C13H20N2O/c1-2-15(12-7-8-14-9-12)10-11-3-5-13(16)6-4-11/h3-6,12,14,16H,2,7-10H2,1H3. The van der Waals surface area contributed by atoms with E-state index in [2.05, 4.69) is 17.1 Å². The highest BCUT2D eigenvalue weighted by Crippen LogP contribution is 2.15. The number of hydrogen-bond donors (Lipinski definition) is 2. The molecule has 0 aliphatic carbocycles. The van der Waals surface area contributed by atoms with Gasteiger partial charge in [0.15, 0.2) is 0 Å². The first-order valence-electron chi connectivity index (χ1n) is 6.02. The van der Waals surface area contributed by atoms with Crippen LogP contribution in [0.3, 0.4) is 0 Å². The molecule has 16 heavy (non-hydrogen) atoms. The van der Waals surface area contributed by atoms with Gasteiger partial charge in [-0.05, 0) is 37.2 Å². The molecule has 1 unspecified atom stereocenters. The summed E-state index contributed by atoms with van der Waals surface area (Å²) in [7, 11) is 0. The Hall–Kier alpha value is -1.06. The fourth-order valence-corrected chi connectivity index (χ4v) is 2.29. The molecule has 3 nitrogen and oxygen atoms in total. The molecule has 1 fully saturated rings. The van der Waals surface area contributed by atoms with Crippen LogP contribution in [0.25, 0.3) is 0 Å². The Morgan fingerprint density at radius 2 is 2.12 bits per heavy atom. The Morgan fingerprint density at radius 3 is 2.69 bits per heavy atom. The summed E-state index contributed by atoms with van der Waals surface area (Å²) in [5.41, 5.74) is 1.27. The van der Waals surface area contributed by atoms with Gasteiger partial charge in [0.1, 0.15) is 5.75 Å². The van der Waals surface area contributed by atoms with Crippen molar-refractivity contribution in [3.8, 4) is 5.75 Å². The van der Waals surface area contributed by atoms with Gasteiger partial charge >= 0.3 is 0 Å². The quantitative estimate of drug-likeness (QED) is 0.808. The number of rotatable bonds is 4. The topological polar surface area (TPSA) is 35.5 Å². The molecule has 1 saturated heterocycles. The summed E-state index contributed by atoms with van der Waals surface area (Å²) in [4.78, 5) is 2.49. The van der Waals surface area contributed by atoms with E-state index in [1.165, 1.54) is 12.0 Å². The lowest BCUT2D eigenvalue weighted by Crippen LogP contribution is -2.36. The van der Waals surface area contributed by atoms with Crippen molar-refractivity contribution in [3.05, 3.63) is 29.8 Å². The van der Waals surface area contributed by atoms with Crippen LogP contribution < -0.4 is 5.32 Å². The zero-order valence-corrected chi connectivity index (χ0v) is 9.82. The van der Waals surface area contributed by atoms with Crippen LogP contribution >= 0.6 is 0 Å². The Morgan fingerprint density at radius 1 is 1.38 bits per heavy atom. The second-order valence-electron chi connectivity index (χ2n) is 4.38. The molecule has 2 rings (SSSR count). The van der Waals surface area contributed by atoms with Crippen LogP contribution in [0.15, 0.2) is 24.3 Å². The van der Waals surface area contributed by atoms with Crippen LogP contribution in [0.2, 0.25) is 0 Å². The monoisotopic (exact) mass is 220 g/mol. The second-order valence-corrected chi connectivity index (χ2v) is 4.38. The fraction of sp³-hybridized carbons (Fsp3) is 0.538. The summed E-state index contributed by atoms with van der Waals surface area (Å²) in [6, 6.07) is 8.19. The average Bonchev–Trinajstić information content (AvgIpc) is 2.82. The van der Waals surface area contributed by atoms with E-state index in [9.17, 15) is 5.11 Å². The number of benzene rings is 1. The van der Waals surface area contributed by atoms with Crippen LogP contribution in [-0.2, 0) is 6.54 Å². The lowest BCUT2D eigenvalue weighted by molar-refractivity contribution is 0.210. The van der Waals surface area contributed by atoms with Crippen molar-refractivity contribution in [2.24, 2.45) is 0 Å². The van der Waals surface area contributed by atoms with Crippen molar-refractivity contribution >= 4 is 0 Å². The average molecular weight is 220 g/mol. The minimum atomic E-state index is 0.342. The smallest absolute Gasteiger partial charge is 0.115 e. The van der Waals surface area contributed by atoms with E-state index in [4.69, 9.17) is 0 Å². The van der Waals surface area contributed by atoms with Gasteiger partial charge in [-0.3, -0.25) is 4.90 Å². The third-order valence-electron chi connectivity index (χ3n) is 3.28. The minimum absolute atomic E-state index is 0.342. The maximum Gasteiger partial charge on any atom is 0.115 e. The molecule has 1 aliphatic heterocycles. The van der Waals surface area contributed by atoms with E-state index < -0.39 is 0 Å². The molecule has 3 heteroatoms. The van der Waals surface area contributed by atoms with E-state index in [0.717, 1.165) is 26.2 Å². The molecule has 0 aromatic heterocycles. The van der Waals surface area contributed by atoms with Crippen LogP contribution in [0, 0.1) is 0 Å². The minimum Gasteiger partial charge on any atom is -0.508 e. The molecule has 0 spiro atoms. The molecule has 0 radical (unpaired) electrons. The predicted octanol–water partition coefficient (Wildman–Crippen LogP) is 1.58. The van der Waals surface area contributed by atoms with Crippen molar-refractivity contribution in [1.29, 1.82) is 0 Å². The Kier molecular flexibility index (Phi) is 3.80. The van der Waals surface area contributed by atoms with Crippen LogP contribution in [0.1, 0.15) is 18.9 Å². The van der Waals surface area contributed by atoms with E-state index in [1.54, 1.807) is 12.1 Å². The Bertz CT molecular complexity index is 317. The molecule has 0 bridgehead atoms. The van der Waals surface area contributed by atoms with Crippen LogP contribution in [-0.4, -0.2) is 35.7 Å². The zero-order valence-electron chi connectivity index (χ0n) is 9.82. The SMILES string of the molecule is CCN(Cc1ccc(O)cc1)C1CCNC1. The number of phenols is 1. The normalized spacial score (nSPS) is 20.5. The molecule has 1 aliphatic rings. The van der Waals surface area contributed by atoms with E-state index in [1.807, 2.05) is 12.1 Å². The van der Waals surface area contributed by atoms with Gasteiger partial charge in [-0.1, -0.05) is 19.1 Å². The molecule has 88 valence electrons. The van der Waals surface area contributed by atoms with Gasteiger partial charge in [-0.25, -0.2) is 0 Å². The Labute approximate surface area is 97.1 Å². The van der Waals surface area contributed by atoms with Gasteiger partial charge < -0.3 is 10.4 Å². The lowest BCUT2D eigenvalue weighted by Gasteiger charge is -2.26. The highest BCUT2D eigenvalue weighted by molar-refractivity contribution is 5.25. The maximum atomic E-state index is 9.24. The molecule has 1 heterocycles. The second kappa shape index (κ2) is 5.32. The number of nitrogens with zero attached hydrogens (tertiary/aromatic N) is 1. The summed E-state index contributed by atoms with van der Waals surface area (Å²) in [6.07, 6.45) is 1.24. The third kappa shape index (κ3) is 2.74. The van der Waals surface area contributed by atoms with Crippen molar-refractivity contribution in [3.63, 3.8) is 0 Å². The first kappa shape index (κ1) is 11.4. The number of phenolic OH excluding ortho intramolecular Hbond substituents is 1. The first-order valence-corrected chi connectivity index (χ1v) is 6.02. The van der Waals surface area contributed by atoms with E-state index >= 15 is 0 Å². The molecule has 0 amide bonds. The summed E-state index contributed by atoms with van der Waals surface area (Å²) >= 11 is 0. The van der Waals surface area contributed by atoms with Gasteiger partial charge in [-0.2, -0.15) is 0 Å². The molecule has 0 saturated carbocycles. The first-order chi connectivity index (χ1) is 7.79. The number of hydrogen-bond acceptors (Lipinski definition) is 3. The maximum absolute atomic E-state index is 9.24. The molecular formula is C13H20N2O. The lowest BCUT2D eigenvalue weighted by atomic mass is 10.1. The number of aromatic hydroxyl groups is 1.